The summed E-state index contributed by atoms with van der Waals surface area (Å²) in [5.41, 5.74) is 4.25. The Bertz CT molecular complexity index is 1420. The van der Waals surface area contributed by atoms with Crippen molar-refractivity contribution < 1.29 is 18.9 Å². The Kier molecular flexibility index (Phi) is 5.68. The number of ketones is 1. The Morgan fingerprint density at radius 1 is 1.09 bits per heavy atom. The third-order valence-corrected chi connectivity index (χ3v) is 6.50. The molecule has 1 saturated heterocycles. The van der Waals surface area contributed by atoms with Crippen LogP contribution in [0, 0.1) is 13.8 Å². The van der Waals surface area contributed by atoms with Crippen molar-refractivity contribution in [2.24, 2.45) is 0 Å². The molecule has 0 spiro atoms. The molecule has 1 atom stereocenters. The number of aryl methyl sites for hydroxylation is 2. The van der Waals surface area contributed by atoms with Crippen molar-refractivity contribution in [3.05, 3.63) is 71.4 Å². The molecule has 1 aliphatic heterocycles. The van der Waals surface area contributed by atoms with Crippen LogP contribution in [-0.2, 0) is 4.79 Å². The first-order chi connectivity index (χ1) is 16.9. The fraction of sp³-hybridized carbons (Fsp3) is 0.269. The van der Waals surface area contributed by atoms with Crippen LogP contribution in [0.15, 0.2) is 53.3 Å². The maximum atomic E-state index is 13.3. The molecule has 0 bridgehead atoms. The van der Waals surface area contributed by atoms with E-state index in [1.54, 1.807) is 23.2 Å². The van der Waals surface area contributed by atoms with Crippen LogP contribution in [0.25, 0.3) is 22.2 Å². The zero-order valence-electron chi connectivity index (χ0n) is 19.7. The minimum atomic E-state index is -0.630. The predicted molar refractivity (Wildman–Crippen MR) is 129 cm³/mol. The number of carbonyl (C=O) groups is 3. The number of Topliss-reactive ketones (excluding diaryl/α,β-unsaturated/α-hetero) is 1. The van der Waals surface area contributed by atoms with Crippen LogP contribution in [0.2, 0.25) is 0 Å². The van der Waals surface area contributed by atoms with E-state index in [1.807, 2.05) is 45.0 Å². The summed E-state index contributed by atoms with van der Waals surface area (Å²) in [6.07, 6.45) is 3.13. The maximum absolute atomic E-state index is 13.3. The molecule has 0 aliphatic carbocycles. The Labute approximate surface area is 201 Å². The molecule has 5 rings (SSSR count). The number of carbonyl (C=O) groups excluding carboxylic acids is 3. The highest BCUT2D eigenvalue weighted by atomic mass is 16.5. The number of nitrogens with zero attached hydrogens (tertiary/aromatic N) is 4. The highest BCUT2D eigenvalue weighted by Crippen LogP contribution is 2.33. The highest BCUT2D eigenvalue weighted by molar-refractivity contribution is 6.44. The minimum absolute atomic E-state index is 0.0800. The van der Waals surface area contributed by atoms with Gasteiger partial charge in [-0.3, -0.25) is 19.4 Å². The number of rotatable bonds is 4. The second-order valence-electron chi connectivity index (χ2n) is 8.78. The summed E-state index contributed by atoms with van der Waals surface area (Å²) in [6.45, 7) is 6.52. The predicted octanol–water partition coefficient (Wildman–Crippen LogP) is 3.39. The molecule has 4 heterocycles. The molecule has 4 aromatic rings. The average molecular weight is 472 g/mol. The molecule has 178 valence electrons. The molecule has 0 saturated carbocycles. The summed E-state index contributed by atoms with van der Waals surface area (Å²) in [5, 5.41) is 4.01. The lowest BCUT2D eigenvalue weighted by Gasteiger charge is -2.39. The van der Waals surface area contributed by atoms with E-state index in [9.17, 15) is 14.4 Å². The number of benzene rings is 1. The van der Waals surface area contributed by atoms with Gasteiger partial charge in [0.2, 0.25) is 0 Å². The van der Waals surface area contributed by atoms with Crippen molar-refractivity contribution >= 4 is 28.6 Å². The van der Waals surface area contributed by atoms with Crippen molar-refractivity contribution in [3.8, 4) is 11.1 Å². The van der Waals surface area contributed by atoms with Gasteiger partial charge >= 0.3 is 0 Å². The van der Waals surface area contributed by atoms with E-state index in [2.05, 4.69) is 15.1 Å². The largest absolute Gasteiger partial charge is 0.361 e. The zero-order chi connectivity index (χ0) is 24.7. The average Bonchev–Trinajstić information content (AvgIpc) is 3.46. The topological polar surface area (TPSA) is 112 Å². The molecule has 2 amide bonds. The fourth-order valence-electron chi connectivity index (χ4n) is 4.73. The first-order valence-electron chi connectivity index (χ1n) is 11.5. The number of H-pyrrole nitrogens is 1. The van der Waals surface area contributed by atoms with Gasteiger partial charge in [-0.25, -0.2) is 0 Å². The molecule has 3 aromatic heterocycles. The maximum Gasteiger partial charge on any atom is 0.295 e. The normalized spacial score (nSPS) is 16.0. The van der Waals surface area contributed by atoms with Crippen LogP contribution in [0.5, 0.6) is 0 Å². The van der Waals surface area contributed by atoms with Crippen LogP contribution < -0.4 is 0 Å². The van der Waals surface area contributed by atoms with Gasteiger partial charge in [-0.1, -0.05) is 23.4 Å². The summed E-state index contributed by atoms with van der Waals surface area (Å²) < 4.78 is 5.30. The number of hydrogen-bond acceptors (Lipinski definition) is 6. The number of hydrogen-bond donors (Lipinski definition) is 1. The van der Waals surface area contributed by atoms with Gasteiger partial charge in [0.15, 0.2) is 0 Å². The van der Waals surface area contributed by atoms with Crippen molar-refractivity contribution in [1.29, 1.82) is 0 Å². The number of fused-ring (bicyclic) bond motifs is 1. The van der Waals surface area contributed by atoms with Gasteiger partial charge in [-0.2, -0.15) is 0 Å². The first-order valence-corrected chi connectivity index (χ1v) is 11.5. The smallest absolute Gasteiger partial charge is 0.295 e. The zero-order valence-corrected chi connectivity index (χ0v) is 19.7. The summed E-state index contributed by atoms with van der Waals surface area (Å²) >= 11 is 0. The third-order valence-electron chi connectivity index (χ3n) is 6.50. The van der Waals surface area contributed by atoms with Gasteiger partial charge in [-0.15, -0.1) is 0 Å². The van der Waals surface area contributed by atoms with Crippen LogP contribution in [0.4, 0.5) is 0 Å². The molecule has 1 aromatic carbocycles. The van der Waals surface area contributed by atoms with E-state index in [0.717, 1.165) is 16.8 Å². The molecule has 9 nitrogen and oxygen atoms in total. The summed E-state index contributed by atoms with van der Waals surface area (Å²) in [6, 6.07) is 10.6. The Balaban J connectivity index is 1.37. The second-order valence-corrected chi connectivity index (χ2v) is 8.78. The van der Waals surface area contributed by atoms with E-state index in [0.29, 0.717) is 35.4 Å². The second kappa shape index (κ2) is 8.83. The van der Waals surface area contributed by atoms with Crippen molar-refractivity contribution in [1.82, 2.24) is 24.9 Å². The van der Waals surface area contributed by atoms with Gasteiger partial charge in [0.1, 0.15) is 5.76 Å². The van der Waals surface area contributed by atoms with Gasteiger partial charge in [0.25, 0.3) is 17.6 Å². The molecule has 1 fully saturated rings. The van der Waals surface area contributed by atoms with Gasteiger partial charge in [-0.05, 0) is 39.0 Å². The van der Waals surface area contributed by atoms with Crippen LogP contribution >= 0.6 is 0 Å². The van der Waals surface area contributed by atoms with Crippen LogP contribution in [0.3, 0.4) is 0 Å². The number of amides is 2. The summed E-state index contributed by atoms with van der Waals surface area (Å²) in [7, 11) is 0. The Hall–Kier alpha value is -4.27. The lowest BCUT2D eigenvalue weighted by Crippen LogP contribution is -2.56. The van der Waals surface area contributed by atoms with Crippen molar-refractivity contribution in [2.45, 2.75) is 26.8 Å². The first kappa shape index (κ1) is 22.5. The lowest BCUT2D eigenvalue weighted by atomic mass is 10.0. The fourth-order valence-corrected chi connectivity index (χ4v) is 4.73. The summed E-state index contributed by atoms with van der Waals surface area (Å²) in [5.74, 6) is -0.655. The van der Waals surface area contributed by atoms with E-state index in [1.165, 1.54) is 11.1 Å². The monoisotopic (exact) mass is 471 g/mol. The highest BCUT2D eigenvalue weighted by Gasteiger charge is 2.34. The van der Waals surface area contributed by atoms with E-state index >= 15 is 0 Å². The molecule has 0 radical (unpaired) electrons. The number of nitrogens with one attached hydrogen (secondary N) is 1. The van der Waals surface area contributed by atoms with E-state index < -0.39 is 11.7 Å². The van der Waals surface area contributed by atoms with Crippen LogP contribution in [-0.4, -0.2) is 68.2 Å². The van der Waals surface area contributed by atoms with Gasteiger partial charge in [0.05, 0.1) is 22.3 Å². The number of aromatic amines is 1. The van der Waals surface area contributed by atoms with Crippen LogP contribution in [0.1, 0.15) is 39.1 Å². The van der Waals surface area contributed by atoms with Crippen molar-refractivity contribution in [2.75, 3.05) is 19.6 Å². The SMILES string of the molecule is Cc1noc(C)c1-c1ccnc2c(C(=O)C(=O)N3CCN(C(=O)c4ccccc4)C[C@H]3C)c[nH]c12. The number of pyridine rings is 1. The molecule has 1 N–H and O–H groups in total. The quantitative estimate of drug-likeness (QED) is 0.361. The molecule has 1 aliphatic rings. The molecule has 0 unspecified atom stereocenters. The lowest BCUT2D eigenvalue weighted by molar-refractivity contribution is -0.130. The van der Waals surface area contributed by atoms with E-state index in [4.69, 9.17) is 4.52 Å². The molecular formula is C26H25N5O4. The third kappa shape index (κ3) is 3.88. The molecule has 35 heavy (non-hydrogen) atoms. The number of aromatic nitrogens is 3. The molecular weight excluding hydrogens is 446 g/mol. The van der Waals surface area contributed by atoms with Gasteiger partial charge < -0.3 is 19.3 Å². The number of piperazine rings is 1. The summed E-state index contributed by atoms with van der Waals surface area (Å²) in [4.78, 5) is 50.0. The minimum Gasteiger partial charge on any atom is -0.361 e. The van der Waals surface area contributed by atoms with E-state index in [-0.39, 0.29) is 24.1 Å². The Morgan fingerprint density at radius 3 is 2.54 bits per heavy atom. The standard InChI is InChI=1S/C26H25N5O4/c1-15-14-30(25(33)18-7-5-4-6-8-18)11-12-31(15)26(34)24(32)20-13-28-22-19(9-10-27-23(20)22)21-16(2)29-35-17(21)3/h4-10,13,15,28H,11-12,14H2,1-3H3/t15-/m1/s1. The van der Waals surface area contributed by atoms with Crippen molar-refractivity contribution in [3.63, 3.8) is 0 Å². The van der Waals surface area contributed by atoms with Gasteiger partial charge in [0, 0.05) is 54.8 Å². The molecule has 9 heteroatoms. The Morgan fingerprint density at radius 2 is 1.86 bits per heavy atom.